The molecule has 1 aliphatic carbocycles. The Morgan fingerprint density at radius 3 is 2.85 bits per heavy atom. The highest BCUT2D eigenvalue weighted by molar-refractivity contribution is 5.93. The van der Waals surface area contributed by atoms with E-state index in [4.69, 9.17) is 14.2 Å². The van der Waals surface area contributed by atoms with E-state index < -0.39 is 6.10 Å². The van der Waals surface area contributed by atoms with E-state index in [1.165, 1.54) is 0 Å². The summed E-state index contributed by atoms with van der Waals surface area (Å²) in [7, 11) is 0. The predicted molar refractivity (Wildman–Crippen MR) is 93.7 cm³/mol. The van der Waals surface area contributed by atoms with Gasteiger partial charge in [0, 0.05) is 25.4 Å². The Bertz CT molecular complexity index is 840. The number of aromatic nitrogens is 2. The van der Waals surface area contributed by atoms with Crippen molar-refractivity contribution < 1.29 is 24.1 Å². The van der Waals surface area contributed by atoms with Crippen molar-refractivity contribution in [2.75, 3.05) is 19.9 Å². The summed E-state index contributed by atoms with van der Waals surface area (Å²) in [5.74, 6) is 2.63. The minimum absolute atomic E-state index is 0.0131. The highest BCUT2D eigenvalue weighted by atomic mass is 16.7. The molecule has 2 fully saturated rings. The van der Waals surface area contributed by atoms with Crippen molar-refractivity contribution in [2.45, 2.75) is 25.0 Å². The number of nitrogens with zero attached hydrogens (tertiary/aromatic N) is 2. The lowest BCUT2D eigenvalue weighted by Gasteiger charge is -2.35. The molecule has 1 amide bonds. The number of aromatic amines is 1. The number of hydrogen-bond donors (Lipinski definition) is 2. The first-order valence-electron chi connectivity index (χ1n) is 9.20. The van der Waals surface area contributed by atoms with Crippen LogP contribution < -0.4 is 14.2 Å². The molecular formula is C19H21N3O5. The number of amides is 1. The van der Waals surface area contributed by atoms with Gasteiger partial charge in [-0.25, -0.2) is 0 Å². The zero-order valence-electron chi connectivity index (χ0n) is 14.7. The number of carbonyl (C=O) groups excluding carboxylic acids is 1. The Hall–Kier alpha value is -2.74. The van der Waals surface area contributed by atoms with Crippen molar-refractivity contribution in [1.29, 1.82) is 0 Å². The van der Waals surface area contributed by atoms with Crippen molar-refractivity contribution in [3.8, 4) is 17.2 Å². The van der Waals surface area contributed by atoms with Crippen molar-refractivity contribution >= 4 is 5.91 Å². The van der Waals surface area contributed by atoms with Gasteiger partial charge in [0.05, 0.1) is 17.9 Å². The van der Waals surface area contributed by atoms with Gasteiger partial charge in [-0.2, -0.15) is 5.10 Å². The molecule has 5 rings (SSSR count). The fraction of sp³-hybridized carbons (Fsp3) is 0.474. The molecule has 0 radical (unpaired) electrons. The maximum Gasteiger partial charge on any atom is 0.257 e. The van der Waals surface area contributed by atoms with Gasteiger partial charge in [0.1, 0.15) is 11.9 Å². The Kier molecular flexibility index (Phi) is 3.93. The number of aliphatic hydroxyl groups is 1. The fourth-order valence-corrected chi connectivity index (χ4v) is 4.36. The highest BCUT2D eigenvalue weighted by Crippen LogP contribution is 2.40. The number of aliphatic hydroxyl groups excluding tert-OH is 1. The number of H-pyrrole nitrogens is 1. The lowest BCUT2D eigenvalue weighted by Crippen LogP contribution is -2.42. The van der Waals surface area contributed by atoms with Crippen LogP contribution in [0, 0.1) is 11.8 Å². The Balaban J connectivity index is 1.26. The highest BCUT2D eigenvalue weighted by Gasteiger charge is 2.44. The van der Waals surface area contributed by atoms with Crippen LogP contribution in [-0.2, 0) is 0 Å². The third kappa shape index (κ3) is 2.99. The molecule has 1 aromatic heterocycles. The maximum atomic E-state index is 12.6. The van der Waals surface area contributed by atoms with E-state index in [1.54, 1.807) is 18.5 Å². The molecule has 8 nitrogen and oxygen atoms in total. The largest absolute Gasteiger partial charge is 0.488 e. The summed E-state index contributed by atoms with van der Waals surface area (Å²) in [6.07, 6.45) is 3.66. The summed E-state index contributed by atoms with van der Waals surface area (Å²) in [4.78, 5) is 14.4. The van der Waals surface area contributed by atoms with Crippen LogP contribution in [0.15, 0.2) is 30.6 Å². The van der Waals surface area contributed by atoms with Gasteiger partial charge in [-0.3, -0.25) is 9.89 Å². The lowest BCUT2D eigenvalue weighted by molar-refractivity contribution is -0.0232. The first kappa shape index (κ1) is 16.4. The summed E-state index contributed by atoms with van der Waals surface area (Å²) in [6, 6.07) is 5.44. The number of nitrogens with one attached hydrogen (secondary N) is 1. The molecular weight excluding hydrogens is 350 g/mol. The van der Waals surface area contributed by atoms with E-state index >= 15 is 0 Å². The number of hydrogen-bond acceptors (Lipinski definition) is 6. The van der Waals surface area contributed by atoms with Gasteiger partial charge in [-0.05, 0) is 36.8 Å². The third-order valence-electron chi connectivity index (χ3n) is 5.75. The summed E-state index contributed by atoms with van der Waals surface area (Å²) in [6.45, 7) is 1.57. The van der Waals surface area contributed by atoms with Crippen LogP contribution in [0.3, 0.4) is 0 Å². The molecule has 4 atom stereocenters. The van der Waals surface area contributed by atoms with Crippen molar-refractivity contribution in [3.63, 3.8) is 0 Å². The van der Waals surface area contributed by atoms with Gasteiger partial charge >= 0.3 is 0 Å². The Labute approximate surface area is 156 Å². The van der Waals surface area contributed by atoms with Gasteiger partial charge in [-0.1, -0.05) is 0 Å². The van der Waals surface area contributed by atoms with Crippen LogP contribution in [0.5, 0.6) is 17.2 Å². The van der Waals surface area contributed by atoms with Gasteiger partial charge in [0.25, 0.3) is 5.91 Å². The summed E-state index contributed by atoms with van der Waals surface area (Å²) < 4.78 is 16.8. The molecule has 8 heteroatoms. The molecule has 0 bridgehead atoms. The van der Waals surface area contributed by atoms with Crippen molar-refractivity contribution in [3.05, 3.63) is 36.2 Å². The lowest BCUT2D eigenvalue weighted by atomic mass is 9.78. The second-order valence-electron chi connectivity index (χ2n) is 7.43. The van der Waals surface area contributed by atoms with Crippen LogP contribution >= 0.6 is 0 Å². The van der Waals surface area contributed by atoms with Crippen LogP contribution in [0.1, 0.15) is 23.2 Å². The van der Waals surface area contributed by atoms with E-state index in [9.17, 15) is 9.90 Å². The molecule has 1 saturated carbocycles. The molecule has 1 saturated heterocycles. The SMILES string of the molecule is O=C(c1cn[nH]c1)N1C[C@H]2C[C@@H](Oc3ccc4c(c3)OCO4)[C@H](O)C[C@H]2C1. The molecule has 0 spiro atoms. The summed E-state index contributed by atoms with van der Waals surface area (Å²) >= 11 is 0. The van der Waals surface area contributed by atoms with Gasteiger partial charge < -0.3 is 24.2 Å². The second kappa shape index (κ2) is 6.45. The Morgan fingerprint density at radius 2 is 2.04 bits per heavy atom. The quantitative estimate of drug-likeness (QED) is 0.847. The Morgan fingerprint density at radius 1 is 1.22 bits per heavy atom. The number of likely N-dealkylation sites (tertiary alicyclic amines) is 1. The van der Waals surface area contributed by atoms with Crippen LogP contribution in [0.2, 0.25) is 0 Å². The van der Waals surface area contributed by atoms with E-state index in [2.05, 4.69) is 10.2 Å². The second-order valence-corrected chi connectivity index (χ2v) is 7.43. The van der Waals surface area contributed by atoms with E-state index in [1.807, 2.05) is 17.0 Å². The molecule has 142 valence electrons. The number of ether oxygens (including phenoxy) is 3. The van der Waals surface area contributed by atoms with Gasteiger partial charge in [0.15, 0.2) is 11.5 Å². The van der Waals surface area contributed by atoms with E-state index in [0.717, 1.165) is 6.42 Å². The normalized spacial score (nSPS) is 28.9. The van der Waals surface area contributed by atoms with Gasteiger partial charge in [0.2, 0.25) is 6.79 Å². The maximum absolute atomic E-state index is 12.6. The third-order valence-corrected chi connectivity index (χ3v) is 5.75. The molecule has 3 aliphatic rings. The van der Waals surface area contributed by atoms with E-state index in [-0.39, 0.29) is 18.8 Å². The minimum Gasteiger partial charge on any atom is -0.488 e. The molecule has 2 aliphatic heterocycles. The van der Waals surface area contributed by atoms with Crippen molar-refractivity contribution in [2.24, 2.45) is 11.8 Å². The zero-order chi connectivity index (χ0) is 18.4. The number of rotatable bonds is 3. The number of benzene rings is 1. The van der Waals surface area contributed by atoms with Crippen molar-refractivity contribution in [1.82, 2.24) is 15.1 Å². The van der Waals surface area contributed by atoms with Gasteiger partial charge in [-0.15, -0.1) is 0 Å². The van der Waals surface area contributed by atoms with Crippen LogP contribution in [-0.4, -0.2) is 58.2 Å². The van der Waals surface area contributed by atoms with Crippen LogP contribution in [0.4, 0.5) is 0 Å². The number of fused-ring (bicyclic) bond motifs is 2. The zero-order valence-corrected chi connectivity index (χ0v) is 14.7. The monoisotopic (exact) mass is 371 g/mol. The molecule has 3 heterocycles. The predicted octanol–water partition coefficient (Wildman–Crippen LogP) is 1.43. The molecule has 1 aromatic carbocycles. The molecule has 0 unspecified atom stereocenters. The summed E-state index contributed by atoms with van der Waals surface area (Å²) in [5, 5.41) is 17.1. The smallest absolute Gasteiger partial charge is 0.257 e. The average molecular weight is 371 g/mol. The summed E-state index contributed by atoms with van der Waals surface area (Å²) in [5.41, 5.74) is 0.572. The molecule has 2 aromatic rings. The topological polar surface area (TPSA) is 96.9 Å². The number of carbonyl (C=O) groups is 1. The minimum atomic E-state index is -0.555. The average Bonchev–Trinajstić information content (AvgIpc) is 3.41. The first-order valence-corrected chi connectivity index (χ1v) is 9.20. The first-order chi connectivity index (χ1) is 13.2. The molecule has 27 heavy (non-hydrogen) atoms. The standard InChI is InChI=1S/C19H21N3O5/c23-15-3-11-8-22(19(24)13-6-20-21-7-13)9-12(11)4-17(15)27-14-1-2-16-18(5-14)26-10-25-16/h1-2,5-7,11-12,15,17,23H,3-4,8-10H2,(H,20,21)/t11-,12+,15+,17+/m0/s1. The molecule has 2 N–H and O–H groups in total. The van der Waals surface area contributed by atoms with E-state index in [0.29, 0.717) is 54.2 Å². The fourth-order valence-electron chi connectivity index (χ4n) is 4.36. The van der Waals surface area contributed by atoms with Crippen LogP contribution in [0.25, 0.3) is 0 Å².